The van der Waals surface area contributed by atoms with Gasteiger partial charge in [0.25, 0.3) is 0 Å². The second kappa shape index (κ2) is 4.28. The fourth-order valence-corrected chi connectivity index (χ4v) is 1.63. The molecule has 2 aromatic rings. The van der Waals surface area contributed by atoms with E-state index in [0.717, 1.165) is 15.0 Å². The van der Waals surface area contributed by atoms with Crippen LogP contribution in [0.25, 0.3) is 5.69 Å². The zero-order chi connectivity index (χ0) is 10.8. The summed E-state index contributed by atoms with van der Waals surface area (Å²) >= 11 is 2.22. The first kappa shape index (κ1) is 10.6. The standard InChI is InChI=1S/C10H11IN4/c1-7(12)10-3-2-9(5-13-10)15-6-8(11)4-14-15/h2-7H,12H2,1H3/t7-/m0/s1. The smallest absolute Gasteiger partial charge is 0.0829 e. The summed E-state index contributed by atoms with van der Waals surface area (Å²) in [5.41, 5.74) is 7.56. The lowest BCUT2D eigenvalue weighted by molar-refractivity contribution is 0.775. The van der Waals surface area contributed by atoms with Crippen LogP contribution in [0.4, 0.5) is 0 Å². The van der Waals surface area contributed by atoms with Crippen LogP contribution in [0.5, 0.6) is 0 Å². The van der Waals surface area contributed by atoms with Gasteiger partial charge in [-0.1, -0.05) is 0 Å². The van der Waals surface area contributed by atoms with Gasteiger partial charge in [-0.2, -0.15) is 5.10 Å². The molecule has 15 heavy (non-hydrogen) atoms. The summed E-state index contributed by atoms with van der Waals surface area (Å²) in [5.74, 6) is 0. The van der Waals surface area contributed by atoms with Gasteiger partial charge in [-0.15, -0.1) is 0 Å². The molecular formula is C10H11IN4. The Labute approximate surface area is 102 Å². The Bertz CT molecular complexity index is 447. The Morgan fingerprint density at radius 1 is 1.40 bits per heavy atom. The molecule has 0 unspecified atom stereocenters. The topological polar surface area (TPSA) is 56.7 Å². The Kier molecular flexibility index (Phi) is 3.01. The van der Waals surface area contributed by atoms with E-state index in [1.807, 2.05) is 25.3 Å². The van der Waals surface area contributed by atoms with Gasteiger partial charge in [-0.3, -0.25) is 4.98 Å². The van der Waals surface area contributed by atoms with E-state index in [0.29, 0.717) is 0 Å². The van der Waals surface area contributed by atoms with Crippen molar-refractivity contribution in [2.24, 2.45) is 5.73 Å². The molecule has 0 bridgehead atoms. The van der Waals surface area contributed by atoms with Crippen LogP contribution in [0, 0.1) is 3.57 Å². The summed E-state index contributed by atoms with van der Waals surface area (Å²) in [5, 5.41) is 4.20. The van der Waals surface area contributed by atoms with Gasteiger partial charge >= 0.3 is 0 Å². The normalized spacial score (nSPS) is 12.7. The van der Waals surface area contributed by atoms with E-state index in [4.69, 9.17) is 5.73 Å². The van der Waals surface area contributed by atoms with E-state index < -0.39 is 0 Å². The molecule has 0 radical (unpaired) electrons. The Hall–Kier alpha value is -0.950. The molecule has 0 aliphatic rings. The molecule has 0 spiro atoms. The zero-order valence-corrected chi connectivity index (χ0v) is 10.4. The highest BCUT2D eigenvalue weighted by Crippen LogP contribution is 2.11. The average Bonchev–Trinajstić information content (AvgIpc) is 2.65. The molecule has 0 aliphatic carbocycles. The third kappa shape index (κ3) is 2.35. The Balaban J connectivity index is 2.31. The van der Waals surface area contributed by atoms with Crippen LogP contribution in [-0.2, 0) is 0 Å². The highest BCUT2D eigenvalue weighted by atomic mass is 127. The molecule has 4 nitrogen and oxygen atoms in total. The van der Waals surface area contributed by atoms with Gasteiger partial charge in [0.1, 0.15) is 0 Å². The van der Waals surface area contributed by atoms with Gasteiger partial charge in [0.15, 0.2) is 0 Å². The lowest BCUT2D eigenvalue weighted by Crippen LogP contribution is -2.07. The molecule has 5 heteroatoms. The van der Waals surface area contributed by atoms with Crippen LogP contribution in [0.2, 0.25) is 0 Å². The SMILES string of the molecule is C[C@H](N)c1ccc(-n2cc(I)cn2)cn1. The second-order valence-electron chi connectivity index (χ2n) is 3.33. The van der Waals surface area contributed by atoms with Gasteiger partial charge in [0.2, 0.25) is 0 Å². The number of rotatable bonds is 2. The average molecular weight is 314 g/mol. The molecule has 1 atom stereocenters. The fourth-order valence-electron chi connectivity index (χ4n) is 1.24. The van der Waals surface area contributed by atoms with Gasteiger partial charge in [0, 0.05) is 12.2 Å². The minimum atomic E-state index is -0.0307. The maximum absolute atomic E-state index is 5.72. The molecular weight excluding hydrogens is 303 g/mol. The molecule has 0 saturated carbocycles. The highest BCUT2D eigenvalue weighted by Gasteiger charge is 2.02. The molecule has 0 aliphatic heterocycles. The van der Waals surface area contributed by atoms with Gasteiger partial charge in [-0.25, -0.2) is 4.68 Å². The van der Waals surface area contributed by atoms with Crippen LogP contribution in [0.1, 0.15) is 18.7 Å². The summed E-state index contributed by atoms with van der Waals surface area (Å²) in [6, 6.07) is 3.86. The number of nitrogens with two attached hydrogens (primary N) is 1. The predicted molar refractivity (Wildman–Crippen MR) is 66.7 cm³/mol. The van der Waals surface area contributed by atoms with Crippen molar-refractivity contribution in [3.8, 4) is 5.69 Å². The maximum atomic E-state index is 5.72. The molecule has 0 aromatic carbocycles. The highest BCUT2D eigenvalue weighted by molar-refractivity contribution is 14.1. The molecule has 2 heterocycles. The predicted octanol–water partition coefficient (Wildman–Crippen LogP) is 1.89. The van der Waals surface area contributed by atoms with Crippen LogP contribution in [0.3, 0.4) is 0 Å². The van der Waals surface area contributed by atoms with E-state index in [-0.39, 0.29) is 6.04 Å². The van der Waals surface area contributed by atoms with Crippen molar-refractivity contribution < 1.29 is 0 Å². The molecule has 78 valence electrons. The minimum Gasteiger partial charge on any atom is -0.323 e. The lowest BCUT2D eigenvalue weighted by atomic mass is 10.2. The molecule has 0 fully saturated rings. The Morgan fingerprint density at radius 3 is 2.67 bits per heavy atom. The third-order valence-corrected chi connectivity index (χ3v) is 2.61. The van der Waals surface area contributed by atoms with Crippen LogP contribution in [0.15, 0.2) is 30.7 Å². The van der Waals surface area contributed by atoms with E-state index in [9.17, 15) is 0 Å². The summed E-state index contributed by atoms with van der Waals surface area (Å²) in [7, 11) is 0. The molecule has 2 N–H and O–H groups in total. The molecule has 2 rings (SSSR count). The van der Waals surface area contributed by atoms with E-state index in [1.54, 1.807) is 17.1 Å². The quantitative estimate of drug-likeness (QED) is 0.861. The molecule has 0 amide bonds. The van der Waals surface area contributed by atoms with E-state index in [1.165, 1.54) is 0 Å². The number of pyridine rings is 1. The van der Waals surface area contributed by atoms with Crippen molar-refractivity contribution in [1.82, 2.24) is 14.8 Å². The van der Waals surface area contributed by atoms with Crippen LogP contribution < -0.4 is 5.73 Å². The minimum absolute atomic E-state index is 0.0307. The van der Waals surface area contributed by atoms with Crippen molar-refractivity contribution >= 4 is 22.6 Å². The number of aromatic nitrogens is 3. The lowest BCUT2D eigenvalue weighted by Gasteiger charge is -2.05. The van der Waals surface area contributed by atoms with E-state index >= 15 is 0 Å². The monoisotopic (exact) mass is 314 g/mol. The largest absolute Gasteiger partial charge is 0.323 e. The maximum Gasteiger partial charge on any atom is 0.0829 e. The molecule has 0 saturated heterocycles. The number of hydrogen-bond acceptors (Lipinski definition) is 3. The number of hydrogen-bond donors (Lipinski definition) is 1. The first-order chi connectivity index (χ1) is 7.16. The fraction of sp³-hybridized carbons (Fsp3) is 0.200. The third-order valence-electron chi connectivity index (χ3n) is 2.05. The summed E-state index contributed by atoms with van der Waals surface area (Å²) in [6.07, 6.45) is 5.53. The summed E-state index contributed by atoms with van der Waals surface area (Å²) in [4.78, 5) is 4.28. The van der Waals surface area contributed by atoms with Crippen LogP contribution in [-0.4, -0.2) is 14.8 Å². The van der Waals surface area contributed by atoms with Crippen molar-refractivity contribution in [2.75, 3.05) is 0 Å². The van der Waals surface area contributed by atoms with Crippen molar-refractivity contribution in [3.63, 3.8) is 0 Å². The van der Waals surface area contributed by atoms with Crippen molar-refractivity contribution in [2.45, 2.75) is 13.0 Å². The first-order valence-corrected chi connectivity index (χ1v) is 5.67. The summed E-state index contributed by atoms with van der Waals surface area (Å²) in [6.45, 7) is 1.92. The first-order valence-electron chi connectivity index (χ1n) is 4.59. The summed E-state index contributed by atoms with van der Waals surface area (Å²) < 4.78 is 2.89. The van der Waals surface area contributed by atoms with E-state index in [2.05, 4.69) is 32.7 Å². The van der Waals surface area contributed by atoms with Gasteiger partial charge < -0.3 is 5.73 Å². The van der Waals surface area contributed by atoms with Gasteiger partial charge in [-0.05, 0) is 41.6 Å². The Morgan fingerprint density at radius 2 is 2.20 bits per heavy atom. The number of nitrogens with zero attached hydrogens (tertiary/aromatic N) is 3. The van der Waals surface area contributed by atoms with Crippen molar-refractivity contribution in [1.29, 1.82) is 0 Å². The van der Waals surface area contributed by atoms with Crippen LogP contribution >= 0.6 is 22.6 Å². The van der Waals surface area contributed by atoms with Gasteiger partial charge in [0.05, 0.1) is 27.3 Å². The number of halogens is 1. The zero-order valence-electron chi connectivity index (χ0n) is 8.26. The van der Waals surface area contributed by atoms with Crippen molar-refractivity contribution in [3.05, 3.63) is 40.0 Å². The molecule has 2 aromatic heterocycles. The second-order valence-corrected chi connectivity index (χ2v) is 4.58.